The van der Waals surface area contributed by atoms with Crippen LogP contribution in [0, 0.1) is 0 Å². The quantitative estimate of drug-likeness (QED) is 0.889. The fraction of sp³-hybridized carbons (Fsp3) is 0.667. The van der Waals surface area contributed by atoms with E-state index in [1.54, 1.807) is 0 Å². The van der Waals surface area contributed by atoms with Gasteiger partial charge in [-0.05, 0) is 71.3 Å². The Kier molecular flexibility index (Phi) is 4.69. The van der Waals surface area contributed by atoms with E-state index in [1.807, 2.05) is 6.07 Å². The Labute approximate surface area is 119 Å². The molecule has 2 atom stereocenters. The van der Waals surface area contributed by atoms with Crippen LogP contribution in [0.4, 0.5) is 0 Å². The Bertz CT molecular complexity index is 361. The third-order valence-corrected chi connectivity index (χ3v) is 5.18. The van der Waals surface area contributed by atoms with Gasteiger partial charge in [-0.2, -0.15) is 0 Å². The second-order valence-corrected chi connectivity index (χ2v) is 6.34. The maximum absolute atomic E-state index is 5.55. The normalized spacial score (nSPS) is 26.4. The summed E-state index contributed by atoms with van der Waals surface area (Å²) in [5.41, 5.74) is 0. The molecular weight excluding hydrogens is 348 g/mol. The molecule has 1 saturated heterocycles. The first-order chi connectivity index (χ1) is 8.06. The summed E-state index contributed by atoms with van der Waals surface area (Å²) in [4.78, 5) is 2.41. The van der Waals surface area contributed by atoms with Crippen LogP contribution in [0.3, 0.4) is 0 Å². The van der Waals surface area contributed by atoms with Crippen LogP contribution in [0.2, 0.25) is 0 Å². The zero-order valence-corrected chi connectivity index (χ0v) is 13.3. The van der Waals surface area contributed by atoms with Gasteiger partial charge >= 0.3 is 0 Å². The van der Waals surface area contributed by atoms with Crippen molar-refractivity contribution >= 4 is 31.9 Å². The molecule has 3 nitrogen and oxygen atoms in total. The summed E-state index contributed by atoms with van der Waals surface area (Å²) >= 11 is 6.78. The fourth-order valence-electron chi connectivity index (χ4n) is 2.20. The summed E-state index contributed by atoms with van der Waals surface area (Å²) in [6.45, 7) is 4.25. The molecule has 0 amide bonds. The van der Waals surface area contributed by atoms with Crippen molar-refractivity contribution in [2.45, 2.75) is 38.4 Å². The van der Waals surface area contributed by atoms with Crippen LogP contribution in [-0.2, 0) is 6.54 Å². The average Bonchev–Trinajstić information content (AvgIpc) is 2.60. The summed E-state index contributed by atoms with van der Waals surface area (Å²) < 4.78 is 7.30. The molecule has 2 unspecified atom stereocenters. The maximum atomic E-state index is 5.55. The van der Waals surface area contributed by atoms with Gasteiger partial charge in [0.2, 0.25) is 0 Å². The molecule has 1 aliphatic rings. The maximum Gasteiger partial charge on any atom is 0.183 e. The highest BCUT2D eigenvalue weighted by Gasteiger charge is 2.22. The Morgan fingerprint density at radius 1 is 1.53 bits per heavy atom. The number of nitrogens with zero attached hydrogens (tertiary/aromatic N) is 1. The second kappa shape index (κ2) is 5.87. The van der Waals surface area contributed by atoms with Crippen molar-refractivity contribution in [3.63, 3.8) is 0 Å². The first-order valence-electron chi connectivity index (χ1n) is 5.93. The van der Waals surface area contributed by atoms with E-state index in [-0.39, 0.29) is 0 Å². The number of hydrogen-bond acceptors (Lipinski definition) is 3. The van der Waals surface area contributed by atoms with Crippen LogP contribution in [0.25, 0.3) is 0 Å². The standard InChI is InChI=1S/C12H18Br2N2O/c1-8-5-9(3-4-16(8)2)15-7-10-6-11(13)12(14)17-10/h6,8-9,15H,3-5,7H2,1-2H3. The molecule has 0 bridgehead atoms. The van der Waals surface area contributed by atoms with E-state index in [4.69, 9.17) is 4.42 Å². The van der Waals surface area contributed by atoms with Crippen molar-refractivity contribution < 1.29 is 4.42 Å². The van der Waals surface area contributed by atoms with Gasteiger partial charge in [-0.3, -0.25) is 0 Å². The zero-order valence-electron chi connectivity index (χ0n) is 10.2. The summed E-state index contributed by atoms with van der Waals surface area (Å²) in [5.74, 6) is 0.968. The summed E-state index contributed by atoms with van der Waals surface area (Å²) in [7, 11) is 2.20. The summed E-state index contributed by atoms with van der Waals surface area (Å²) in [6.07, 6.45) is 2.42. The SMILES string of the molecule is CC1CC(NCc2cc(Br)c(Br)o2)CCN1C. The Balaban J connectivity index is 1.82. The van der Waals surface area contributed by atoms with Gasteiger partial charge in [-0.25, -0.2) is 0 Å². The fourth-order valence-corrected chi connectivity index (χ4v) is 2.86. The van der Waals surface area contributed by atoms with Gasteiger partial charge < -0.3 is 14.6 Å². The molecule has 1 aromatic heterocycles. The van der Waals surface area contributed by atoms with Gasteiger partial charge in [0.05, 0.1) is 11.0 Å². The number of furan rings is 1. The van der Waals surface area contributed by atoms with Crippen LogP contribution in [0.1, 0.15) is 25.5 Å². The Hall–Kier alpha value is 0.160. The molecule has 17 heavy (non-hydrogen) atoms. The van der Waals surface area contributed by atoms with Gasteiger partial charge in [0.1, 0.15) is 5.76 Å². The number of halogens is 2. The molecule has 1 N–H and O–H groups in total. The molecule has 1 aromatic rings. The van der Waals surface area contributed by atoms with E-state index in [9.17, 15) is 0 Å². The minimum atomic E-state index is 0.601. The van der Waals surface area contributed by atoms with Crippen molar-refractivity contribution in [1.29, 1.82) is 0 Å². The Morgan fingerprint density at radius 3 is 2.88 bits per heavy atom. The van der Waals surface area contributed by atoms with Gasteiger partial charge in [0.25, 0.3) is 0 Å². The molecule has 5 heteroatoms. The highest BCUT2D eigenvalue weighted by molar-refractivity contribution is 9.13. The first kappa shape index (κ1) is 13.6. The molecule has 1 aliphatic heterocycles. The third-order valence-electron chi connectivity index (χ3n) is 3.47. The molecule has 1 fully saturated rings. The topological polar surface area (TPSA) is 28.4 Å². The van der Waals surface area contributed by atoms with Crippen LogP contribution < -0.4 is 5.32 Å². The number of piperidine rings is 1. The van der Waals surface area contributed by atoms with E-state index < -0.39 is 0 Å². The van der Waals surface area contributed by atoms with E-state index in [1.165, 1.54) is 19.4 Å². The Morgan fingerprint density at radius 2 is 2.29 bits per heavy atom. The van der Waals surface area contributed by atoms with Crippen molar-refractivity contribution in [1.82, 2.24) is 10.2 Å². The van der Waals surface area contributed by atoms with Crippen LogP contribution in [0.15, 0.2) is 19.6 Å². The van der Waals surface area contributed by atoms with Gasteiger partial charge in [-0.1, -0.05) is 0 Å². The predicted octanol–water partition coefficient (Wildman–Crippen LogP) is 3.38. The molecule has 2 heterocycles. The molecule has 2 rings (SSSR count). The number of rotatable bonds is 3. The lowest BCUT2D eigenvalue weighted by Gasteiger charge is -2.35. The molecule has 0 saturated carbocycles. The van der Waals surface area contributed by atoms with Crippen molar-refractivity contribution in [3.05, 3.63) is 21.0 Å². The molecule has 0 aromatic carbocycles. The predicted molar refractivity (Wildman–Crippen MR) is 76.1 cm³/mol. The highest BCUT2D eigenvalue weighted by Crippen LogP contribution is 2.27. The second-order valence-electron chi connectivity index (χ2n) is 4.77. The van der Waals surface area contributed by atoms with Gasteiger partial charge in [-0.15, -0.1) is 0 Å². The summed E-state index contributed by atoms with van der Waals surface area (Å²) in [5, 5.41) is 3.57. The lowest BCUT2D eigenvalue weighted by Crippen LogP contribution is -2.45. The lowest BCUT2D eigenvalue weighted by atomic mass is 9.99. The van der Waals surface area contributed by atoms with Crippen molar-refractivity contribution in [2.24, 2.45) is 0 Å². The van der Waals surface area contributed by atoms with E-state index >= 15 is 0 Å². The van der Waals surface area contributed by atoms with E-state index in [0.29, 0.717) is 12.1 Å². The smallest absolute Gasteiger partial charge is 0.183 e. The number of hydrogen-bond donors (Lipinski definition) is 1. The molecule has 0 spiro atoms. The minimum absolute atomic E-state index is 0.601. The van der Waals surface area contributed by atoms with Crippen LogP contribution in [-0.4, -0.2) is 30.6 Å². The largest absolute Gasteiger partial charge is 0.452 e. The third kappa shape index (κ3) is 3.56. The zero-order chi connectivity index (χ0) is 12.4. The minimum Gasteiger partial charge on any atom is -0.452 e. The van der Waals surface area contributed by atoms with Crippen LogP contribution >= 0.6 is 31.9 Å². The van der Waals surface area contributed by atoms with Gasteiger partial charge in [0.15, 0.2) is 4.67 Å². The molecular formula is C12H18Br2N2O. The summed E-state index contributed by atoms with van der Waals surface area (Å²) in [6, 6.07) is 3.27. The van der Waals surface area contributed by atoms with E-state index in [0.717, 1.165) is 21.4 Å². The van der Waals surface area contributed by atoms with Crippen molar-refractivity contribution in [2.75, 3.05) is 13.6 Å². The monoisotopic (exact) mass is 364 g/mol. The van der Waals surface area contributed by atoms with Gasteiger partial charge in [0, 0.05) is 12.1 Å². The van der Waals surface area contributed by atoms with Crippen LogP contribution in [0.5, 0.6) is 0 Å². The highest BCUT2D eigenvalue weighted by atomic mass is 79.9. The molecule has 96 valence electrons. The lowest BCUT2D eigenvalue weighted by molar-refractivity contribution is 0.166. The number of nitrogens with one attached hydrogen (secondary N) is 1. The molecule has 0 radical (unpaired) electrons. The average molecular weight is 366 g/mol. The number of likely N-dealkylation sites (tertiary alicyclic amines) is 1. The van der Waals surface area contributed by atoms with Crippen molar-refractivity contribution in [3.8, 4) is 0 Å². The molecule has 0 aliphatic carbocycles. The van der Waals surface area contributed by atoms with E-state index in [2.05, 4.69) is 56.0 Å². The first-order valence-corrected chi connectivity index (χ1v) is 7.52.